The second-order valence-electron chi connectivity index (χ2n) is 8.31. The van der Waals surface area contributed by atoms with E-state index in [1.807, 2.05) is 30.5 Å². The molecule has 0 saturated heterocycles. The molecule has 166 valence electrons. The lowest BCUT2D eigenvalue weighted by Gasteiger charge is -2.05. The Morgan fingerprint density at radius 2 is 1.61 bits per heavy atom. The van der Waals surface area contributed by atoms with Gasteiger partial charge in [0.05, 0.1) is 0 Å². The quantitative estimate of drug-likeness (QED) is 0.352. The predicted molar refractivity (Wildman–Crippen MR) is 135 cm³/mol. The number of hydrogen-bond donors (Lipinski definition) is 2. The van der Waals surface area contributed by atoms with Crippen molar-refractivity contribution in [3.63, 3.8) is 0 Å². The van der Waals surface area contributed by atoms with Gasteiger partial charge in [-0.3, -0.25) is 9.78 Å². The largest absolute Gasteiger partial charge is 0.329 e. The van der Waals surface area contributed by atoms with Crippen molar-refractivity contribution in [2.75, 3.05) is 5.32 Å². The van der Waals surface area contributed by atoms with Gasteiger partial charge in [0.15, 0.2) is 0 Å². The highest BCUT2D eigenvalue weighted by Crippen LogP contribution is 2.41. The van der Waals surface area contributed by atoms with Crippen molar-refractivity contribution in [2.24, 2.45) is 0 Å². The Morgan fingerprint density at radius 3 is 2.27 bits per heavy atom. The van der Waals surface area contributed by atoms with E-state index >= 15 is 0 Å². The molecule has 1 aliphatic rings. The van der Waals surface area contributed by atoms with Crippen LogP contribution >= 0.6 is 0 Å². The van der Waals surface area contributed by atoms with Crippen LogP contribution in [0, 0.1) is 6.92 Å². The second-order valence-corrected chi connectivity index (χ2v) is 8.31. The number of carbonyl (C=O) groups is 1. The Hall–Kier alpha value is -3.76. The maximum Gasteiger partial charge on any atom is 0.211 e. The van der Waals surface area contributed by atoms with E-state index in [4.69, 9.17) is 0 Å². The fraction of sp³-hybridized carbons (Fsp3) is 0.172. The topological polar surface area (TPSA) is 54.0 Å². The highest BCUT2D eigenvalue weighted by Gasteiger charge is 2.37. The first kappa shape index (κ1) is 22.4. The molecule has 2 N–H and O–H groups in total. The predicted octanol–water partition coefficient (Wildman–Crippen LogP) is 5.96. The van der Waals surface area contributed by atoms with Crippen molar-refractivity contribution >= 4 is 12.1 Å². The fourth-order valence-electron chi connectivity index (χ4n) is 3.81. The standard InChI is InChI=1S/C16H17N3O.C13H12/c20-11-19-14-5-3-13(4-6-14)15-8-16(15)18-10-12-2-1-7-17-9-12;1-11-7-9-13(10-8-11)12-5-3-2-4-6-12/h1-7,9,11,15-16,18H,8,10H2,(H,19,20);2-10H,1H3. The van der Waals surface area contributed by atoms with Crippen LogP contribution in [0.2, 0.25) is 0 Å². The first-order valence-corrected chi connectivity index (χ1v) is 11.3. The average Bonchev–Trinajstić information content (AvgIpc) is 3.65. The van der Waals surface area contributed by atoms with Crippen molar-refractivity contribution in [2.45, 2.75) is 31.8 Å². The van der Waals surface area contributed by atoms with Crippen LogP contribution in [0.1, 0.15) is 29.0 Å². The summed E-state index contributed by atoms with van der Waals surface area (Å²) in [6, 6.07) is 31.7. The molecule has 5 rings (SSSR count). The van der Waals surface area contributed by atoms with Gasteiger partial charge in [-0.05, 0) is 53.8 Å². The van der Waals surface area contributed by atoms with Crippen LogP contribution in [-0.2, 0) is 11.3 Å². The van der Waals surface area contributed by atoms with Crippen molar-refractivity contribution < 1.29 is 4.79 Å². The molecule has 0 aliphatic heterocycles. The first-order chi connectivity index (χ1) is 16.2. The number of anilines is 1. The third-order valence-electron chi connectivity index (χ3n) is 5.80. The maximum atomic E-state index is 10.4. The van der Waals surface area contributed by atoms with Gasteiger partial charge in [0.2, 0.25) is 6.41 Å². The Balaban J connectivity index is 0.000000172. The number of rotatable bonds is 7. The third kappa shape index (κ3) is 6.61. The van der Waals surface area contributed by atoms with Crippen molar-refractivity contribution in [1.82, 2.24) is 10.3 Å². The molecule has 1 saturated carbocycles. The molecule has 2 unspecified atom stereocenters. The molecular formula is C29H29N3O. The van der Waals surface area contributed by atoms with Gasteiger partial charge in [0, 0.05) is 36.6 Å². The van der Waals surface area contributed by atoms with Gasteiger partial charge >= 0.3 is 0 Å². The van der Waals surface area contributed by atoms with Crippen LogP contribution in [0.5, 0.6) is 0 Å². The monoisotopic (exact) mass is 435 g/mol. The Morgan fingerprint density at radius 1 is 0.879 bits per heavy atom. The normalized spacial score (nSPS) is 16.3. The molecule has 33 heavy (non-hydrogen) atoms. The molecule has 2 atom stereocenters. The van der Waals surface area contributed by atoms with Gasteiger partial charge in [-0.15, -0.1) is 0 Å². The van der Waals surface area contributed by atoms with Crippen molar-refractivity contribution in [3.05, 3.63) is 120 Å². The van der Waals surface area contributed by atoms with Crippen molar-refractivity contribution in [3.8, 4) is 11.1 Å². The molecule has 4 heteroatoms. The van der Waals surface area contributed by atoms with E-state index in [-0.39, 0.29) is 0 Å². The molecule has 4 aromatic rings. The van der Waals surface area contributed by atoms with Gasteiger partial charge in [0.1, 0.15) is 0 Å². The number of amides is 1. The van der Waals surface area contributed by atoms with Gasteiger partial charge in [-0.2, -0.15) is 0 Å². The number of hydrogen-bond acceptors (Lipinski definition) is 3. The first-order valence-electron chi connectivity index (χ1n) is 11.3. The minimum atomic E-state index is 0.542. The van der Waals surface area contributed by atoms with Crippen LogP contribution in [0.3, 0.4) is 0 Å². The van der Waals surface area contributed by atoms with E-state index in [1.54, 1.807) is 6.20 Å². The van der Waals surface area contributed by atoms with E-state index in [0.29, 0.717) is 18.4 Å². The molecule has 0 bridgehead atoms. The highest BCUT2D eigenvalue weighted by molar-refractivity contribution is 5.71. The lowest BCUT2D eigenvalue weighted by Crippen LogP contribution is -2.17. The second kappa shape index (κ2) is 11.2. The maximum absolute atomic E-state index is 10.4. The fourth-order valence-corrected chi connectivity index (χ4v) is 3.81. The number of nitrogens with zero attached hydrogens (tertiary/aromatic N) is 1. The smallest absolute Gasteiger partial charge is 0.211 e. The number of nitrogens with one attached hydrogen (secondary N) is 2. The summed E-state index contributed by atoms with van der Waals surface area (Å²) in [5, 5.41) is 6.20. The molecule has 3 aromatic carbocycles. The third-order valence-corrected chi connectivity index (χ3v) is 5.80. The van der Waals surface area contributed by atoms with Gasteiger partial charge in [-0.1, -0.05) is 78.4 Å². The number of aryl methyl sites for hydroxylation is 1. The molecule has 1 heterocycles. The summed E-state index contributed by atoms with van der Waals surface area (Å²) in [5.74, 6) is 0.581. The van der Waals surface area contributed by atoms with Crippen LogP contribution in [0.25, 0.3) is 11.1 Å². The summed E-state index contributed by atoms with van der Waals surface area (Å²) >= 11 is 0. The van der Waals surface area contributed by atoms with E-state index in [2.05, 4.69) is 89.3 Å². The zero-order valence-corrected chi connectivity index (χ0v) is 18.8. The summed E-state index contributed by atoms with van der Waals surface area (Å²) in [6.45, 7) is 2.97. The Bertz CT molecular complexity index is 1130. The van der Waals surface area contributed by atoms with Gasteiger partial charge < -0.3 is 10.6 Å². The number of aromatic nitrogens is 1. The minimum absolute atomic E-state index is 0.542. The van der Waals surface area contributed by atoms with Crippen LogP contribution in [0.4, 0.5) is 5.69 Å². The van der Waals surface area contributed by atoms with Crippen LogP contribution < -0.4 is 10.6 Å². The van der Waals surface area contributed by atoms with E-state index in [9.17, 15) is 4.79 Å². The van der Waals surface area contributed by atoms with E-state index in [0.717, 1.165) is 12.2 Å². The summed E-state index contributed by atoms with van der Waals surface area (Å²) in [7, 11) is 0. The minimum Gasteiger partial charge on any atom is -0.329 e. The Kier molecular flexibility index (Phi) is 7.62. The molecular weight excluding hydrogens is 406 g/mol. The lowest BCUT2D eigenvalue weighted by molar-refractivity contribution is -0.105. The van der Waals surface area contributed by atoms with Crippen LogP contribution in [0.15, 0.2) is 103 Å². The number of benzene rings is 3. The molecule has 1 aromatic heterocycles. The van der Waals surface area contributed by atoms with Gasteiger partial charge in [0.25, 0.3) is 0 Å². The molecule has 1 fully saturated rings. The van der Waals surface area contributed by atoms with Crippen molar-refractivity contribution in [1.29, 1.82) is 0 Å². The molecule has 1 aliphatic carbocycles. The number of carbonyl (C=O) groups excluding carboxylic acids is 1. The summed E-state index contributed by atoms with van der Waals surface area (Å²) in [4.78, 5) is 14.5. The zero-order valence-electron chi connectivity index (χ0n) is 18.8. The van der Waals surface area contributed by atoms with E-state index in [1.165, 1.54) is 34.2 Å². The summed E-state index contributed by atoms with van der Waals surface area (Å²) in [5.41, 5.74) is 7.24. The summed E-state index contributed by atoms with van der Waals surface area (Å²) < 4.78 is 0. The molecule has 0 spiro atoms. The number of pyridine rings is 1. The zero-order chi connectivity index (χ0) is 22.9. The van der Waals surface area contributed by atoms with E-state index < -0.39 is 0 Å². The molecule has 4 nitrogen and oxygen atoms in total. The Labute approximate surface area is 195 Å². The average molecular weight is 436 g/mol. The summed E-state index contributed by atoms with van der Waals surface area (Å²) in [6.07, 6.45) is 5.55. The SMILES string of the molecule is Cc1ccc(-c2ccccc2)cc1.O=CNc1ccc(C2CC2NCc2cccnc2)cc1. The highest BCUT2D eigenvalue weighted by atomic mass is 16.1. The lowest BCUT2D eigenvalue weighted by atomic mass is 10.0. The molecule has 0 radical (unpaired) electrons. The van der Waals surface area contributed by atoms with Crippen LogP contribution in [-0.4, -0.2) is 17.4 Å². The molecule has 1 amide bonds. The van der Waals surface area contributed by atoms with Gasteiger partial charge in [-0.25, -0.2) is 0 Å².